The van der Waals surface area contributed by atoms with Gasteiger partial charge in [-0.1, -0.05) is 12.1 Å². The Bertz CT molecular complexity index is 675. The lowest BCUT2D eigenvalue weighted by molar-refractivity contribution is 0.584. The average molecular weight is 297 g/mol. The molecule has 2 heterocycles. The summed E-state index contributed by atoms with van der Waals surface area (Å²) in [4.78, 5) is 7.25. The zero-order chi connectivity index (χ0) is 14.9. The van der Waals surface area contributed by atoms with Crippen molar-refractivity contribution in [3.05, 3.63) is 47.4 Å². The van der Waals surface area contributed by atoms with Crippen molar-refractivity contribution in [2.24, 2.45) is 0 Å². The molecule has 1 fully saturated rings. The van der Waals surface area contributed by atoms with E-state index in [1.54, 1.807) is 12.1 Å². The second kappa shape index (κ2) is 5.69. The fraction of sp³-hybridized carbons (Fsp3) is 0.389. The van der Waals surface area contributed by atoms with Gasteiger partial charge in [-0.15, -0.1) is 0 Å². The smallest absolute Gasteiger partial charge is 0.129 e. The van der Waals surface area contributed by atoms with Gasteiger partial charge in [-0.25, -0.2) is 9.37 Å². The van der Waals surface area contributed by atoms with Crippen LogP contribution in [0.2, 0.25) is 0 Å². The number of fused-ring (bicyclic) bond motifs is 1. The Kier molecular flexibility index (Phi) is 3.54. The largest absolute Gasteiger partial charge is 0.354 e. The maximum absolute atomic E-state index is 13.2. The van der Waals surface area contributed by atoms with Crippen molar-refractivity contribution in [3.63, 3.8) is 0 Å². The van der Waals surface area contributed by atoms with Crippen LogP contribution in [0, 0.1) is 5.82 Å². The number of aromatic nitrogens is 1. The fourth-order valence-electron chi connectivity index (χ4n) is 3.47. The number of piperazine rings is 1. The topological polar surface area (TPSA) is 28.2 Å². The maximum atomic E-state index is 13.2. The van der Waals surface area contributed by atoms with E-state index in [4.69, 9.17) is 4.98 Å². The Hall–Kier alpha value is -1.94. The fourth-order valence-corrected chi connectivity index (χ4v) is 3.47. The number of anilines is 1. The highest BCUT2D eigenvalue weighted by atomic mass is 19.1. The molecule has 0 bridgehead atoms. The zero-order valence-corrected chi connectivity index (χ0v) is 12.6. The van der Waals surface area contributed by atoms with E-state index in [1.807, 2.05) is 12.1 Å². The van der Waals surface area contributed by atoms with Crippen molar-refractivity contribution in [1.29, 1.82) is 0 Å². The second-order valence-corrected chi connectivity index (χ2v) is 6.05. The molecule has 114 valence electrons. The van der Waals surface area contributed by atoms with E-state index in [0.29, 0.717) is 0 Å². The first-order valence-corrected chi connectivity index (χ1v) is 8.06. The van der Waals surface area contributed by atoms with Crippen LogP contribution in [-0.2, 0) is 12.8 Å². The van der Waals surface area contributed by atoms with Crippen molar-refractivity contribution in [1.82, 2.24) is 10.3 Å². The highest BCUT2D eigenvalue weighted by molar-refractivity contribution is 5.72. The molecule has 0 saturated carbocycles. The summed E-state index contributed by atoms with van der Waals surface area (Å²) >= 11 is 0. The minimum absolute atomic E-state index is 0.184. The van der Waals surface area contributed by atoms with Crippen molar-refractivity contribution < 1.29 is 4.39 Å². The van der Waals surface area contributed by atoms with Crippen LogP contribution in [0.25, 0.3) is 11.1 Å². The summed E-state index contributed by atoms with van der Waals surface area (Å²) in [5.41, 5.74) is 4.91. The van der Waals surface area contributed by atoms with Crippen molar-refractivity contribution in [2.45, 2.75) is 19.3 Å². The summed E-state index contributed by atoms with van der Waals surface area (Å²) in [7, 11) is 0. The van der Waals surface area contributed by atoms with Gasteiger partial charge in [-0.2, -0.15) is 0 Å². The molecule has 0 spiro atoms. The van der Waals surface area contributed by atoms with E-state index in [0.717, 1.165) is 50.4 Å². The van der Waals surface area contributed by atoms with E-state index >= 15 is 0 Å². The average Bonchev–Trinajstić information content (AvgIpc) is 3.04. The first-order valence-electron chi connectivity index (χ1n) is 8.06. The molecule has 1 aromatic heterocycles. The quantitative estimate of drug-likeness (QED) is 0.924. The number of pyridine rings is 1. The van der Waals surface area contributed by atoms with E-state index < -0.39 is 0 Å². The Morgan fingerprint density at radius 2 is 1.82 bits per heavy atom. The Morgan fingerprint density at radius 3 is 2.59 bits per heavy atom. The molecule has 3 nitrogen and oxygen atoms in total. The number of aryl methyl sites for hydroxylation is 1. The van der Waals surface area contributed by atoms with Crippen LogP contribution >= 0.6 is 0 Å². The maximum Gasteiger partial charge on any atom is 0.129 e. The zero-order valence-electron chi connectivity index (χ0n) is 12.6. The Morgan fingerprint density at radius 1 is 1.05 bits per heavy atom. The lowest BCUT2D eigenvalue weighted by Crippen LogP contribution is -2.44. The van der Waals surface area contributed by atoms with Gasteiger partial charge in [0, 0.05) is 31.9 Å². The molecule has 1 N–H and O–H groups in total. The molecule has 1 aliphatic carbocycles. The van der Waals surface area contributed by atoms with Crippen LogP contribution in [0.5, 0.6) is 0 Å². The van der Waals surface area contributed by atoms with E-state index in [1.165, 1.54) is 23.2 Å². The van der Waals surface area contributed by atoms with Gasteiger partial charge in [0.15, 0.2) is 0 Å². The van der Waals surface area contributed by atoms with Gasteiger partial charge >= 0.3 is 0 Å². The molecule has 2 aromatic rings. The third-order valence-electron chi connectivity index (χ3n) is 4.63. The normalized spacial score (nSPS) is 17.6. The number of hydrogen-bond acceptors (Lipinski definition) is 3. The molecule has 0 radical (unpaired) electrons. The van der Waals surface area contributed by atoms with Crippen LogP contribution in [0.4, 0.5) is 10.2 Å². The molecule has 1 aliphatic heterocycles. The molecule has 1 saturated heterocycles. The SMILES string of the molecule is Fc1ccc(-c2cc(N3CCNCC3)nc3c2CCC3)cc1. The van der Waals surface area contributed by atoms with Gasteiger partial charge in [-0.3, -0.25) is 0 Å². The van der Waals surface area contributed by atoms with Gasteiger partial charge in [-0.05, 0) is 54.2 Å². The van der Waals surface area contributed by atoms with Gasteiger partial charge in [0.1, 0.15) is 11.6 Å². The molecule has 1 aromatic carbocycles. The van der Waals surface area contributed by atoms with Gasteiger partial charge < -0.3 is 10.2 Å². The molecule has 22 heavy (non-hydrogen) atoms. The number of rotatable bonds is 2. The molecule has 4 rings (SSSR count). The molecule has 0 atom stereocenters. The summed E-state index contributed by atoms with van der Waals surface area (Å²) in [5, 5.41) is 3.38. The number of benzene rings is 1. The molecular formula is C18H20FN3. The lowest BCUT2D eigenvalue weighted by atomic mass is 9.99. The summed E-state index contributed by atoms with van der Waals surface area (Å²) in [6.45, 7) is 4.00. The van der Waals surface area contributed by atoms with Crippen LogP contribution in [0.3, 0.4) is 0 Å². The van der Waals surface area contributed by atoms with Crippen LogP contribution in [0.15, 0.2) is 30.3 Å². The molecular weight excluding hydrogens is 277 g/mol. The molecule has 4 heteroatoms. The third-order valence-corrected chi connectivity index (χ3v) is 4.63. The third kappa shape index (κ3) is 2.48. The summed E-state index contributed by atoms with van der Waals surface area (Å²) < 4.78 is 13.2. The van der Waals surface area contributed by atoms with Gasteiger partial charge in [0.25, 0.3) is 0 Å². The first kappa shape index (κ1) is 13.7. The number of nitrogens with zero attached hydrogens (tertiary/aromatic N) is 2. The van der Waals surface area contributed by atoms with Crippen LogP contribution in [-0.4, -0.2) is 31.2 Å². The lowest BCUT2D eigenvalue weighted by Gasteiger charge is -2.29. The first-order chi connectivity index (χ1) is 10.8. The van der Waals surface area contributed by atoms with Gasteiger partial charge in [0.2, 0.25) is 0 Å². The second-order valence-electron chi connectivity index (χ2n) is 6.05. The predicted octanol–water partition coefficient (Wildman–Crippen LogP) is 2.79. The number of nitrogens with one attached hydrogen (secondary N) is 1. The Balaban J connectivity index is 1.79. The van der Waals surface area contributed by atoms with Crippen LogP contribution in [0.1, 0.15) is 17.7 Å². The molecule has 2 aliphatic rings. The van der Waals surface area contributed by atoms with E-state index in [2.05, 4.69) is 16.3 Å². The summed E-state index contributed by atoms with van der Waals surface area (Å²) in [5.74, 6) is 0.887. The molecule has 0 unspecified atom stereocenters. The minimum Gasteiger partial charge on any atom is -0.354 e. The molecule has 0 amide bonds. The van der Waals surface area contributed by atoms with Crippen LogP contribution < -0.4 is 10.2 Å². The number of hydrogen-bond donors (Lipinski definition) is 1. The van der Waals surface area contributed by atoms with Crippen molar-refractivity contribution in [3.8, 4) is 11.1 Å². The minimum atomic E-state index is -0.184. The van der Waals surface area contributed by atoms with E-state index in [-0.39, 0.29) is 5.82 Å². The van der Waals surface area contributed by atoms with E-state index in [9.17, 15) is 4.39 Å². The highest BCUT2D eigenvalue weighted by Gasteiger charge is 2.21. The standard InChI is InChI=1S/C18H20FN3/c19-14-6-4-13(5-7-14)16-12-18(22-10-8-20-9-11-22)21-17-3-1-2-15(16)17/h4-7,12,20H,1-3,8-11H2. The van der Waals surface area contributed by atoms with Crippen molar-refractivity contribution in [2.75, 3.05) is 31.1 Å². The van der Waals surface area contributed by atoms with Gasteiger partial charge in [0.05, 0.1) is 0 Å². The number of halogens is 1. The monoisotopic (exact) mass is 297 g/mol. The summed E-state index contributed by atoms with van der Waals surface area (Å²) in [6.07, 6.45) is 3.31. The Labute approximate surface area is 130 Å². The highest BCUT2D eigenvalue weighted by Crippen LogP contribution is 2.34. The summed E-state index contributed by atoms with van der Waals surface area (Å²) in [6, 6.07) is 9.04. The van der Waals surface area contributed by atoms with Crippen molar-refractivity contribution >= 4 is 5.82 Å². The predicted molar refractivity (Wildman–Crippen MR) is 86.7 cm³/mol.